The van der Waals surface area contributed by atoms with Gasteiger partial charge >= 0.3 is 0 Å². The van der Waals surface area contributed by atoms with Crippen LogP contribution in [0.5, 0.6) is 34.5 Å². The lowest BCUT2D eigenvalue weighted by molar-refractivity contribution is 0.288. The highest BCUT2D eigenvalue weighted by Crippen LogP contribution is 2.23. The summed E-state index contributed by atoms with van der Waals surface area (Å²) in [5.74, 6) is 4.95. The van der Waals surface area contributed by atoms with Crippen LogP contribution in [0, 0.1) is 11.3 Å². The molecule has 312 valence electrons. The van der Waals surface area contributed by atoms with Gasteiger partial charge in [0.2, 0.25) is 0 Å². The first-order valence-electron chi connectivity index (χ1n) is 20.1. The molecule has 0 aliphatic heterocycles. The van der Waals surface area contributed by atoms with Gasteiger partial charge in [0.05, 0.1) is 22.4 Å². The van der Waals surface area contributed by atoms with Crippen LogP contribution in [-0.4, -0.2) is 37.2 Å². The largest absolute Gasteiger partial charge is 0.489 e. The Bertz CT molecular complexity index is 2890. The molecule has 0 saturated heterocycles. The molecule has 13 heteroatoms. The van der Waals surface area contributed by atoms with Crippen molar-refractivity contribution in [2.45, 2.75) is 33.0 Å². The number of rotatable bonds is 17. The molecule has 6 aromatic carbocycles. The van der Waals surface area contributed by atoms with Crippen molar-refractivity contribution in [1.82, 2.24) is 30.6 Å². The van der Waals surface area contributed by atoms with E-state index in [-0.39, 0.29) is 13.2 Å². The number of hydrogen-bond donors (Lipinski definition) is 1. The molecule has 0 radical (unpaired) electrons. The Morgan fingerprint density at radius 1 is 0.429 bits per heavy atom. The van der Waals surface area contributed by atoms with Gasteiger partial charge in [-0.3, -0.25) is 0 Å². The minimum Gasteiger partial charge on any atom is -0.489 e. The average Bonchev–Trinajstić information content (AvgIpc) is 3.88. The summed E-state index contributed by atoms with van der Waals surface area (Å²) in [4.78, 5) is 9.25. The second-order valence-corrected chi connectivity index (χ2v) is 14.0. The molecule has 0 atom stereocenters. The second-order valence-electron chi connectivity index (χ2n) is 14.0. The highest BCUT2D eigenvalue weighted by Gasteiger charge is 2.06. The third-order valence-corrected chi connectivity index (χ3v) is 9.41. The van der Waals surface area contributed by atoms with Crippen LogP contribution < -0.4 is 28.4 Å². The van der Waals surface area contributed by atoms with E-state index in [0.717, 1.165) is 73.1 Å². The lowest BCUT2D eigenvalue weighted by atomic mass is 10.2. The van der Waals surface area contributed by atoms with Gasteiger partial charge in [-0.2, -0.15) is 5.26 Å². The molecule has 0 saturated carbocycles. The number of nitrogens with one attached hydrogen (secondary N) is 1. The Kier molecular flexibility index (Phi) is 13.8. The number of benzene rings is 6. The minimum atomic E-state index is 0.0283. The fourth-order valence-electron chi connectivity index (χ4n) is 6.25. The van der Waals surface area contributed by atoms with Crippen molar-refractivity contribution >= 4 is 21.8 Å². The highest BCUT2D eigenvalue weighted by atomic mass is 16.5. The highest BCUT2D eigenvalue weighted by molar-refractivity contribution is 5.79. The lowest BCUT2D eigenvalue weighted by Crippen LogP contribution is -2.00. The number of tetrazole rings is 1. The number of aromatic nitrogens is 6. The van der Waals surface area contributed by atoms with E-state index >= 15 is 0 Å². The predicted octanol–water partition coefficient (Wildman–Crippen LogP) is 9.78. The molecule has 0 unspecified atom stereocenters. The van der Waals surface area contributed by atoms with Crippen LogP contribution in [0.4, 0.5) is 0 Å². The molecule has 13 nitrogen and oxygen atoms in total. The number of para-hydroxylation sites is 2. The number of pyridine rings is 2. The molecular formula is C50H41N7O6. The van der Waals surface area contributed by atoms with Gasteiger partial charge in [-0.15, -0.1) is 5.10 Å². The van der Waals surface area contributed by atoms with Gasteiger partial charge in [-0.05, 0) is 119 Å². The van der Waals surface area contributed by atoms with Crippen molar-refractivity contribution in [3.8, 4) is 40.6 Å². The topological polar surface area (TPSA) is 159 Å². The zero-order valence-electron chi connectivity index (χ0n) is 34.0. The second kappa shape index (κ2) is 21.1. The summed E-state index contributed by atoms with van der Waals surface area (Å²) in [6, 6.07) is 56.4. The quantitative estimate of drug-likeness (QED) is 0.0927. The summed E-state index contributed by atoms with van der Waals surface area (Å²) in [5, 5.41) is 24.4. The summed E-state index contributed by atoms with van der Waals surface area (Å²) < 4.78 is 34.5. The van der Waals surface area contributed by atoms with Crippen LogP contribution in [0.2, 0.25) is 0 Å². The van der Waals surface area contributed by atoms with Gasteiger partial charge in [0.1, 0.15) is 73.6 Å². The number of fused-ring (bicyclic) bond motifs is 2. The van der Waals surface area contributed by atoms with Gasteiger partial charge in [0.15, 0.2) is 12.4 Å². The zero-order chi connectivity index (χ0) is 42.9. The maximum absolute atomic E-state index is 8.60. The molecule has 0 amide bonds. The number of aromatic amines is 1. The molecule has 9 aromatic rings. The Morgan fingerprint density at radius 3 is 1.37 bits per heavy atom. The summed E-state index contributed by atoms with van der Waals surface area (Å²) in [7, 11) is 0. The number of nitrogens with zero attached hydrogens (tertiary/aromatic N) is 6. The van der Waals surface area contributed by atoms with Gasteiger partial charge in [-0.25, -0.2) is 15.1 Å². The van der Waals surface area contributed by atoms with Crippen molar-refractivity contribution in [1.29, 1.82) is 5.26 Å². The first-order valence-corrected chi connectivity index (χ1v) is 20.1. The maximum atomic E-state index is 8.60. The van der Waals surface area contributed by atoms with Gasteiger partial charge in [0, 0.05) is 10.8 Å². The molecule has 0 spiro atoms. The summed E-state index contributed by atoms with van der Waals surface area (Å²) in [6.45, 7) is 1.93. The third-order valence-electron chi connectivity index (χ3n) is 9.41. The van der Waals surface area contributed by atoms with E-state index < -0.39 is 0 Å². The molecular weight excluding hydrogens is 795 g/mol. The van der Waals surface area contributed by atoms with E-state index in [1.807, 2.05) is 164 Å². The van der Waals surface area contributed by atoms with E-state index in [4.69, 9.17) is 33.7 Å². The predicted molar refractivity (Wildman–Crippen MR) is 236 cm³/mol. The molecule has 63 heavy (non-hydrogen) atoms. The molecule has 0 aliphatic carbocycles. The fourth-order valence-corrected chi connectivity index (χ4v) is 6.25. The summed E-state index contributed by atoms with van der Waals surface area (Å²) >= 11 is 0. The van der Waals surface area contributed by atoms with E-state index in [9.17, 15) is 0 Å². The molecule has 0 fully saturated rings. The van der Waals surface area contributed by atoms with Crippen molar-refractivity contribution in [3.63, 3.8) is 0 Å². The van der Waals surface area contributed by atoms with Crippen LogP contribution in [0.3, 0.4) is 0 Å². The SMILES string of the molecule is N#CCOc1cccc(COc2ccc(OCc3ccc4ccccc4n3)cc2)c1.c1cc(COc2ccc(OCc3ccc4ccccc4n3)cc2)cc(OCc2nnn[nH]2)c1. The smallest absolute Gasteiger partial charge is 0.186 e. The van der Waals surface area contributed by atoms with Crippen molar-refractivity contribution in [2.24, 2.45) is 0 Å². The van der Waals surface area contributed by atoms with Crippen LogP contribution in [0.1, 0.15) is 28.3 Å². The van der Waals surface area contributed by atoms with E-state index in [2.05, 4.69) is 42.7 Å². The van der Waals surface area contributed by atoms with Gasteiger partial charge in [-0.1, -0.05) is 72.8 Å². The molecule has 3 aromatic heterocycles. The van der Waals surface area contributed by atoms with Crippen molar-refractivity contribution < 1.29 is 28.4 Å². The first kappa shape index (κ1) is 41.2. The van der Waals surface area contributed by atoms with Crippen LogP contribution in [-0.2, 0) is 33.0 Å². The molecule has 9 rings (SSSR count). The Morgan fingerprint density at radius 2 is 0.889 bits per heavy atom. The van der Waals surface area contributed by atoms with E-state index in [1.165, 1.54) is 0 Å². The number of hydrogen-bond acceptors (Lipinski definition) is 12. The lowest BCUT2D eigenvalue weighted by Gasteiger charge is -2.10. The van der Waals surface area contributed by atoms with Gasteiger partial charge in [0.25, 0.3) is 0 Å². The Labute approximate surface area is 363 Å². The Balaban J connectivity index is 0.000000174. The number of ether oxygens (including phenoxy) is 6. The summed E-state index contributed by atoms with van der Waals surface area (Å²) in [5.41, 5.74) is 5.65. The third kappa shape index (κ3) is 12.3. The summed E-state index contributed by atoms with van der Waals surface area (Å²) in [6.07, 6.45) is 0. The standard InChI is InChI=1S/C25H21N5O3.C25H20N2O3/c1-2-7-24-19(5-1)8-9-20(26-24)16-32-22-12-10-21(11-13-22)31-15-18-4-3-6-23(14-18)33-17-25-27-29-30-28-25;26-14-15-28-24-6-3-4-19(16-24)17-29-22-10-12-23(13-11-22)30-18-21-9-8-20-5-1-2-7-25(20)27-21/h1-14H,15-17H2,(H,27,28,29,30);1-13,16H,15,17-18H2. The van der Waals surface area contributed by atoms with E-state index in [0.29, 0.717) is 38.0 Å². The molecule has 1 N–H and O–H groups in total. The normalized spacial score (nSPS) is 10.6. The van der Waals surface area contributed by atoms with Crippen LogP contribution in [0.25, 0.3) is 21.8 Å². The van der Waals surface area contributed by atoms with Crippen LogP contribution >= 0.6 is 0 Å². The van der Waals surface area contributed by atoms with Crippen LogP contribution in [0.15, 0.2) is 170 Å². The minimum absolute atomic E-state index is 0.0283. The average molecular weight is 836 g/mol. The molecule has 0 bridgehead atoms. The monoisotopic (exact) mass is 835 g/mol. The zero-order valence-corrected chi connectivity index (χ0v) is 34.0. The number of H-pyrrole nitrogens is 1. The van der Waals surface area contributed by atoms with Crippen molar-refractivity contribution in [3.05, 3.63) is 198 Å². The number of nitriles is 1. The molecule has 0 aliphatic rings. The van der Waals surface area contributed by atoms with Crippen molar-refractivity contribution in [2.75, 3.05) is 6.61 Å². The first-order chi connectivity index (χ1) is 31.1. The Hall–Kier alpha value is -8.50. The van der Waals surface area contributed by atoms with E-state index in [1.54, 1.807) is 0 Å². The fraction of sp³-hybridized carbons (Fsp3) is 0.120. The molecule has 3 heterocycles. The van der Waals surface area contributed by atoms with Gasteiger partial charge < -0.3 is 28.4 Å². The maximum Gasteiger partial charge on any atom is 0.186 e.